The monoisotopic (exact) mass is 482 g/mol. The third-order valence-electron chi connectivity index (χ3n) is 4.76. The molecule has 0 saturated heterocycles. The Kier molecular flexibility index (Phi) is 6.40. The van der Waals surface area contributed by atoms with Crippen LogP contribution in [0.15, 0.2) is 44.0 Å². The Balaban J connectivity index is 1.79. The molecule has 0 unspecified atom stereocenters. The second-order valence-corrected chi connectivity index (χ2v) is 7.12. The van der Waals surface area contributed by atoms with E-state index in [1.165, 1.54) is 25.3 Å². The molecular weight excluding hydrogens is 465 g/mol. The lowest BCUT2D eigenvalue weighted by atomic mass is 10.0. The molecule has 0 fully saturated rings. The number of hydrogen-bond donors (Lipinski definition) is 0. The lowest BCUT2D eigenvalue weighted by Crippen LogP contribution is -2.55. The third kappa shape index (κ3) is 4.51. The Labute approximate surface area is 181 Å². The summed E-state index contributed by atoms with van der Waals surface area (Å²) >= 11 is 0. The van der Waals surface area contributed by atoms with Gasteiger partial charge in [0.05, 0.1) is 20.1 Å². The van der Waals surface area contributed by atoms with E-state index in [2.05, 4.69) is 0 Å². The van der Waals surface area contributed by atoms with E-state index < -0.39 is 43.1 Å². The summed E-state index contributed by atoms with van der Waals surface area (Å²) in [6, 6.07) is 6.79. The van der Waals surface area contributed by atoms with Crippen LogP contribution in [0.1, 0.15) is 12.2 Å². The van der Waals surface area contributed by atoms with Crippen molar-refractivity contribution in [3.8, 4) is 22.8 Å². The highest BCUT2D eigenvalue weighted by atomic mass is 19.3. The summed E-state index contributed by atoms with van der Waals surface area (Å²) in [6.07, 6.45) is -1.81. The van der Waals surface area contributed by atoms with Gasteiger partial charge in [-0.2, -0.15) is 26.3 Å². The molecule has 180 valence electrons. The molecule has 5 nitrogen and oxygen atoms in total. The zero-order valence-electron chi connectivity index (χ0n) is 17.2. The fraction of sp³-hybridized carbons (Fsp3) is 0.381. The first-order valence-electron chi connectivity index (χ1n) is 9.38. The molecule has 0 bridgehead atoms. The molecule has 0 aliphatic heterocycles. The fourth-order valence-corrected chi connectivity index (χ4v) is 2.98. The molecule has 33 heavy (non-hydrogen) atoms. The second-order valence-electron chi connectivity index (χ2n) is 7.12. The van der Waals surface area contributed by atoms with Crippen molar-refractivity contribution in [2.45, 2.75) is 31.1 Å². The van der Waals surface area contributed by atoms with E-state index in [1.807, 2.05) is 0 Å². The molecule has 1 aromatic carbocycles. The van der Waals surface area contributed by atoms with E-state index in [-0.39, 0.29) is 22.7 Å². The van der Waals surface area contributed by atoms with Crippen LogP contribution in [0, 0.1) is 6.92 Å². The quantitative estimate of drug-likeness (QED) is 0.276. The van der Waals surface area contributed by atoms with Gasteiger partial charge in [0.25, 0.3) is 0 Å². The van der Waals surface area contributed by atoms with E-state index in [9.17, 15) is 35.5 Å². The van der Waals surface area contributed by atoms with Gasteiger partial charge >= 0.3 is 23.4 Å². The minimum Gasteiger partial charge on any atom is -0.493 e. The smallest absolute Gasteiger partial charge is 0.374 e. The summed E-state index contributed by atoms with van der Waals surface area (Å²) in [6.45, 7) is -2.39. The minimum atomic E-state index is -5.91. The van der Waals surface area contributed by atoms with Crippen LogP contribution in [-0.4, -0.2) is 38.2 Å². The predicted octanol–water partition coefficient (Wildman–Crippen LogP) is 6.01. The summed E-state index contributed by atoms with van der Waals surface area (Å²) in [5, 5.41) is 0.382. The molecule has 12 heteroatoms. The van der Waals surface area contributed by atoms with Crippen LogP contribution >= 0.6 is 0 Å². The predicted molar refractivity (Wildman–Crippen MR) is 102 cm³/mol. The number of fused-ring (bicyclic) bond motifs is 1. The highest BCUT2D eigenvalue weighted by Gasteiger charge is 2.71. The number of methoxy groups -OCH3 is 1. The average molecular weight is 482 g/mol. The number of furan rings is 1. The maximum absolute atomic E-state index is 13.6. The summed E-state index contributed by atoms with van der Waals surface area (Å²) in [7, 11) is 1.39. The van der Waals surface area contributed by atoms with E-state index in [4.69, 9.17) is 18.3 Å². The number of hydrogen-bond acceptors (Lipinski definition) is 5. The van der Waals surface area contributed by atoms with Gasteiger partial charge in [0.2, 0.25) is 0 Å². The van der Waals surface area contributed by atoms with Crippen molar-refractivity contribution in [1.29, 1.82) is 0 Å². The van der Waals surface area contributed by atoms with Gasteiger partial charge in [-0.25, -0.2) is 9.18 Å². The van der Waals surface area contributed by atoms with E-state index in [0.29, 0.717) is 16.9 Å². The fourth-order valence-electron chi connectivity index (χ4n) is 2.98. The first-order valence-corrected chi connectivity index (χ1v) is 9.38. The van der Waals surface area contributed by atoms with E-state index >= 15 is 0 Å². The zero-order chi connectivity index (χ0) is 24.6. The van der Waals surface area contributed by atoms with Crippen molar-refractivity contribution < 1.29 is 49.0 Å². The molecule has 2 aromatic heterocycles. The molecule has 2 heterocycles. The van der Waals surface area contributed by atoms with Gasteiger partial charge in [-0.3, -0.25) is 0 Å². The highest BCUT2D eigenvalue weighted by Crippen LogP contribution is 2.47. The van der Waals surface area contributed by atoms with Gasteiger partial charge in [-0.1, -0.05) is 0 Å². The summed E-state index contributed by atoms with van der Waals surface area (Å²) in [5.74, 6) is -15.9. The van der Waals surface area contributed by atoms with Crippen LogP contribution in [0.2, 0.25) is 0 Å². The SMILES string of the molecule is COc1cc(C)oc1-c1cc2ccc(OCCC(F)(F)C(F)(F)C(F)(F)CF)cc2oc1=O. The van der Waals surface area contributed by atoms with Crippen molar-refractivity contribution in [3.05, 3.63) is 46.5 Å². The van der Waals surface area contributed by atoms with E-state index in [1.54, 1.807) is 13.0 Å². The standard InChI is InChI=1S/C21H17F7O5/c1-11-7-16(30-2)17(32-11)14-8-12-3-4-13(9-15(12)33-18(14)29)31-6-5-19(23,24)21(27,28)20(25,26)10-22/h3-4,7-9H,5-6,10H2,1-2H3. The molecule has 0 saturated carbocycles. The van der Waals surface area contributed by atoms with Crippen molar-refractivity contribution in [2.24, 2.45) is 0 Å². The molecule has 0 N–H and O–H groups in total. The van der Waals surface area contributed by atoms with Crippen molar-refractivity contribution >= 4 is 11.0 Å². The first-order chi connectivity index (χ1) is 15.3. The second kappa shape index (κ2) is 8.64. The minimum absolute atomic E-state index is 0.0236. The zero-order valence-corrected chi connectivity index (χ0v) is 17.2. The van der Waals surface area contributed by atoms with Crippen LogP contribution < -0.4 is 15.1 Å². The van der Waals surface area contributed by atoms with Crippen LogP contribution in [0.4, 0.5) is 30.7 Å². The summed E-state index contributed by atoms with van der Waals surface area (Å²) in [4.78, 5) is 12.4. The molecule has 0 amide bonds. The third-order valence-corrected chi connectivity index (χ3v) is 4.76. The first kappa shape index (κ1) is 24.5. The maximum Gasteiger partial charge on any atom is 0.374 e. The Hall–Kier alpha value is -3.18. The van der Waals surface area contributed by atoms with Crippen LogP contribution in [-0.2, 0) is 0 Å². The highest BCUT2D eigenvalue weighted by molar-refractivity contribution is 5.82. The van der Waals surface area contributed by atoms with Gasteiger partial charge in [0.1, 0.15) is 22.7 Å². The lowest BCUT2D eigenvalue weighted by Gasteiger charge is -2.31. The number of rotatable bonds is 9. The van der Waals surface area contributed by atoms with Crippen molar-refractivity contribution in [2.75, 3.05) is 20.4 Å². The van der Waals surface area contributed by atoms with Crippen molar-refractivity contribution in [1.82, 2.24) is 0 Å². The van der Waals surface area contributed by atoms with Gasteiger partial charge in [-0.05, 0) is 25.1 Å². The normalized spacial score (nSPS) is 12.9. The Bertz CT molecular complexity index is 1200. The average Bonchev–Trinajstić information content (AvgIpc) is 3.13. The van der Waals surface area contributed by atoms with Crippen molar-refractivity contribution in [3.63, 3.8) is 0 Å². The number of benzene rings is 1. The number of aryl methyl sites for hydroxylation is 1. The van der Waals surface area contributed by atoms with Crippen LogP contribution in [0.5, 0.6) is 11.5 Å². The molecule has 0 atom stereocenters. The molecule has 0 spiro atoms. The molecule has 0 radical (unpaired) electrons. The lowest BCUT2D eigenvalue weighted by molar-refractivity contribution is -0.314. The maximum atomic E-state index is 13.6. The summed E-state index contributed by atoms with van der Waals surface area (Å²) < 4.78 is 113. The molecule has 0 aliphatic rings. The van der Waals surface area contributed by atoms with Crippen LogP contribution in [0.25, 0.3) is 22.3 Å². The Morgan fingerprint density at radius 2 is 1.67 bits per heavy atom. The molecule has 3 rings (SSSR count). The number of ether oxygens (including phenoxy) is 2. The molecule has 0 aliphatic carbocycles. The van der Waals surface area contributed by atoms with E-state index in [0.717, 1.165) is 6.07 Å². The van der Waals surface area contributed by atoms with Gasteiger partial charge in [-0.15, -0.1) is 0 Å². The number of alkyl halides is 7. The van der Waals surface area contributed by atoms with Crippen LogP contribution in [0.3, 0.4) is 0 Å². The largest absolute Gasteiger partial charge is 0.493 e. The van der Waals surface area contributed by atoms with Gasteiger partial charge in [0, 0.05) is 17.5 Å². The van der Waals surface area contributed by atoms with Gasteiger partial charge in [0.15, 0.2) is 18.2 Å². The number of halogens is 7. The molecule has 3 aromatic rings. The molecular formula is C21H17F7O5. The Morgan fingerprint density at radius 3 is 2.30 bits per heavy atom. The summed E-state index contributed by atoms with van der Waals surface area (Å²) in [5.41, 5.74) is -0.784. The topological polar surface area (TPSA) is 61.8 Å². The Morgan fingerprint density at radius 1 is 0.970 bits per heavy atom. The van der Waals surface area contributed by atoms with Gasteiger partial charge < -0.3 is 18.3 Å².